The van der Waals surface area contributed by atoms with E-state index < -0.39 is 5.41 Å². The Morgan fingerprint density at radius 3 is 1.96 bits per heavy atom. The third-order valence-electron chi connectivity index (χ3n) is 13.9. The van der Waals surface area contributed by atoms with Gasteiger partial charge >= 0.3 is 6.85 Å². The van der Waals surface area contributed by atoms with Gasteiger partial charge in [-0.05, 0) is 84.9 Å². The maximum Gasteiger partial charge on any atom is 0.333 e. The van der Waals surface area contributed by atoms with Gasteiger partial charge in [0.15, 0.2) is 0 Å². The van der Waals surface area contributed by atoms with Crippen molar-refractivity contribution in [2.24, 2.45) is 0 Å². The Kier molecular flexibility index (Phi) is 4.96. The number of para-hydroxylation sites is 4. The van der Waals surface area contributed by atoms with E-state index in [2.05, 4.69) is 185 Å². The minimum Gasteiger partial charge on any atom is -0.456 e. The summed E-state index contributed by atoms with van der Waals surface area (Å²) in [6.45, 7) is -0.0815. The number of rotatable bonds is 0. The van der Waals surface area contributed by atoms with Crippen LogP contribution in [0.3, 0.4) is 0 Å². The number of hydrogen-bond acceptors (Lipinski definition) is 2. The smallest absolute Gasteiger partial charge is 0.333 e. The highest BCUT2D eigenvalue weighted by molar-refractivity contribution is 6.94. The van der Waals surface area contributed by atoms with Gasteiger partial charge in [0, 0.05) is 50.2 Å². The molecule has 15 rings (SSSR count). The fourth-order valence-corrected chi connectivity index (χ4v) is 12.0. The van der Waals surface area contributed by atoms with Crippen molar-refractivity contribution in [3.63, 3.8) is 0 Å². The molecule has 57 heavy (non-hydrogen) atoms. The highest BCUT2D eigenvalue weighted by Crippen LogP contribution is 2.65. The molecule has 0 unspecified atom stereocenters. The number of fused-ring (bicyclic) bond motifs is 21. The molecule has 0 amide bonds. The Balaban J connectivity index is 1.18. The molecule has 11 aromatic rings. The zero-order valence-corrected chi connectivity index (χ0v) is 30.6. The molecule has 0 saturated heterocycles. The fraction of sp³-hybridized carbons (Fsp3) is 0.0189. The minimum atomic E-state index is -0.492. The van der Waals surface area contributed by atoms with Crippen LogP contribution >= 0.6 is 0 Å². The van der Waals surface area contributed by atoms with Crippen LogP contribution in [0.4, 0.5) is 11.4 Å². The minimum absolute atomic E-state index is 0.0815. The second-order valence-electron chi connectivity index (χ2n) is 16.3. The lowest BCUT2D eigenvalue weighted by Gasteiger charge is -2.51. The van der Waals surface area contributed by atoms with E-state index in [4.69, 9.17) is 4.42 Å². The Morgan fingerprint density at radius 1 is 0.474 bits per heavy atom. The third kappa shape index (κ3) is 3.15. The van der Waals surface area contributed by atoms with Gasteiger partial charge in [-0.2, -0.15) is 0 Å². The van der Waals surface area contributed by atoms with Crippen LogP contribution in [0.2, 0.25) is 0 Å². The van der Waals surface area contributed by atoms with Crippen molar-refractivity contribution >= 4 is 83.7 Å². The molecule has 260 valence electrons. The Bertz CT molecular complexity index is 3640. The molecule has 2 aromatic heterocycles. The SMILES string of the molecule is c1ccc2c(c1)-c1ccccc1C21c2ccccc2N2B3c4c(cc5oc6ccccc6c5c4-c4cccc1c42)-n1c2cc4ccccc4cc2c2cccc3c21. The molecule has 0 fully saturated rings. The molecule has 3 aliphatic heterocycles. The summed E-state index contributed by atoms with van der Waals surface area (Å²) in [7, 11) is 0. The number of hydrogen-bond donors (Lipinski definition) is 0. The zero-order valence-electron chi connectivity index (χ0n) is 30.6. The lowest BCUT2D eigenvalue weighted by Crippen LogP contribution is -2.62. The molecule has 1 aliphatic carbocycles. The summed E-state index contributed by atoms with van der Waals surface area (Å²) in [4.78, 5) is 2.72. The first-order chi connectivity index (χ1) is 28.3. The van der Waals surface area contributed by atoms with Gasteiger partial charge in [0.05, 0.1) is 16.4 Å². The quantitative estimate of drug-likeness (QED) is 0.146. The maximum atomic E-state index is 6.89. The van der Waals surface area contributed by atoms with Gasteiger partial charge in [-0.15, -0.1) is 0 Å². The van der Waals surface area contributed by atoms with Gasteiger partial charge in [0.1, 0.15) is 11.2 Å². The molecule has 0 atom stereocenters. The van der Waals surface area contributed by atoms with Crippen molar-refractivity contribution in [3.05, 3.63) is 198 Å². The molecule has 0 saturated carbocycles. The zero-order chi connectivity index (χ0) is 36.7. The van der Waals surface area contributed by atoms with E-state index in [1.807, 2.05) is 0 Å². The van der Waals surface area contributed by atoms with E-state index in [0.29, 0.717) is 0 Å². The summed E-state index contributed by atoms with van der Waals surface area (Å²) in [6, 6.07) is 66.1. The van der Waals surface area contributed by atoms with E-state index in [-0.39, 0.29) is 6.85 Å². The molecule has 4 aliphatic rings. The molecule has 9 aromatic carbocycles. The topological polar surface area (TPSA) is 21.3 Å². The molecule has 3 nitrogen and oxygen atoms in total. The Morgan fingerprint density at radius 2 is 1.12 bits per heavy atom. The molecule has 0 radical (unpaired) electrons. The normalized spacial score (nSPS) is 14.7. The lowest BCUT2D eigenvalue weighted by molar-refractivity contribution is 0.669. The molecule has 0 N–H and O–H groups in total. The van der Waals surface area contributed by atoms with E-state index >= 15 is 0 Å². The van der Waals surface area contributed by atoms with Crippen molar-refractivity contribution in [3.8, 4) is 27.9 Å². The second-order valence-corrected chi connectivity index (χ2v) is 16.3. The number of furan rings is 1. The monoisotopic (exact) mass is 720 g/mol. The third-order valence-corrected chi connectivity index (χ3v) is 13.9. The standard InChI is InChI=1S/C53H29BN2O/c1-2-14-31-28-44-37(27-30(31)13-1)34-18-12-24-42-52(34)55(44)45-29-47-48(35-17-5-10-26-46(35)57-47)49-36-19-11-23-41-51(36)56(54(42)50(45)49)43-25-9-8-22-40(43)53(41)38-20-6-3-15-32(38)33-16-4-7-21-39(33)53/h1-29H. The summed E-state index contributed by atoms with van der Waals surface area (Å²) >= 11 is 0. The average Bonchev–Trinajstić information content (AvgIpc) is 3.90. The van der Waals surface area contributed by atoms with Crippen LogP contribution in [-0.2, 0) is 5.41 Å². The predicted octanol–water partition coefficient (Wildman–Crippen LogP) is 11.8. The van der Waals surface area contributed by atoms with Crippen molar-refractivity contribution in [2.75, 3.05) is 4.81 Å². The average molecular weight is 721 g/mol. The van der Waals surface area contributed by atoms with Crippen LogP contribution < -0.4 is 15.7 Å². The molecule has 4 heteroatoms. The van der Waals surface area contributed by atoms with Crippen LogP contribution in [0, 0.1) is 0 Å². The molecule has 5 heterocycles. The maximum absolute atomic E-state index is 6.89. The van der Waals surface area contributed by atoms with Gasteiger partial charge in [-0.25, -0.2) is 0 Å². The number of nitrogens with zero attached hydrogens (tertiary/aromatic N) is 2. The van der Waals surface area contributed by atoms with E-state index in [0.717, 1.165) is 16.6 Å². The largest absolute Gasteiger partial charge is 0.456 e. The second kappa shape index (κ2) is 9.73. The van der Waals surface area contributed by atoms with Crippen LogP contribution in [0.15, 0.2) is 180 Å². The highest BCUT2D eigenvalue weighted by Gasteiger charge is 2.56. The van der Waals surface area contributed by atoms with Crippen molar-refractivity contribution < 1.29 is 4.42 Å². The molecular weight excluding hydrogens is 691 g/mol. The van der Waals surface area contributed by atoms with Crippen LogP contribution in [0.1, 0.15) is 22.3 Å². The van der Waals surface area contributed by atoms with Crippen LogP contribution in [0.25, 0.3) is 82.5 Å². The van der Waals surface area contributed by atoms with Gasteiger partial charge < -0.3 is 13.8 Å². The summed E-state index contributed by atoms with van der Waals surface area (Å²) in [5, 5.41) is 7.41. The summed E-state index contributed by atoms with van der Waals surface area (Å²) in [5.74, 6) is 0. The molecule has 0 bridgehead atoms. The predicted molar refractivity (Wildman–Crippen MR) is 235 cm³/mol. The van der Waals surface area contributed by atoms with Gasteiger partial charge in [-0.3, -0.25) is 0 Å². The number of anilines is 2. The van der Waals surface area contributed by atoms with Gasteiger partial charge in [0.2, 0.25) is 0 Å². The summed E-state index contributed by atoms with van der Waals surface area (Å²) in [5.41, 5.74) is 20.8. The van der Waals surface area contributed by atoms with Crippen molar-refractivity contribution in [1.82, 2.24) is 4.57 Å². The van der Waals surface area contributed by atoms with E-state index in [1.165, 1.54) is 110 Å². The first-order valence-electron chi connectivity index (χ1n) is 20.0. The first kappa shape index (κ1) is 29.1. The van der Waals surface area contributed by atoms with Crippen LogP contribution in [0.5, 0.6) is 0 Å². The van der Waals surface area contributed by atoms with Crippen LogP contribution in [-0.4, -0.2) is 11.4 Å². The van der Waals surface area contributed by atoms with Crippen molar-refractivity contribution in [1.29, 1.82) is 0 Å². The van der Waals surface area contributed by atoms with Gasteiger partial charge in [0.25, 0.3) is 0 Å². The Labute approximate surface area is 327 Å². The highest BCUT2D eigenvalue weighted by atomic mass is 16.3. The first-order valence-corrected chi connectivity index (χ1v) is 20.0. The molecular formula is C53H29BN2O. The van der Waals surface area contributed by atoms with E-state index in [1.54, 1.807) is 0 Å². The van der Waals surface area contributed by atoms with Crippen molar-refractivity contribution in [2.45, 2.75) is 5.41 Å². The number of aromatic nitrogens is 1. The Hall–Kier alpha value is -7.30. The molecule has 1 spiro atoms. The fourth-order valence-electron chi connectivity index (χ4n) is 12.0. The number of benzene rings is 9. The van der Waals surface area contributed by atoms with E-state index in [9.17, 15) is 0 Å². The van der Waals surface area contributed by atoms with Gasteiger partial charge in [-0.1, -0.05) is 146 Å². The summed E-state index contributed by atoms with van der Waals surface area (Å²) in [6.07, 6.45) is 0. The summed E-state index contributed by atoms with van der Waals surface area (Å²) < 4.78 is 9.45. The lowest BCUT2D eigenvalue weighted by atomic mass is 9.42.